The summed E-state index contributed by atoms with van der Waals surface area (Å²) >= 11 is 0. The molecule has 11 rings (SSSR count). The van der Waals surface area contributed by atoms with Crippen LogP contribution in [-0.2, 0) is 10.8 Å². The highest BCUT2D eigenvalue weighted by atomic mass is 15.1. The largest absolute Gasteiger partial charge is 0.311 e. The molecule has 278 valence electrons. The molecule has 4 aromatic carbocycles. The van der Waals surface area contributed by atoms with Crippen LogP contribution in [0.25, 0.3) is 0 Å². The summed E-state index contributed by atoms with van der Waals surface area (Å²) in [6.07, 6.45) is 33.6. The zero-order valence-electron chi connectivity index (χ0n) is 33.5. The fourth-order valence-corrected chi connectivity index (χ4v) is 12.8. The van der Waals surface area contributed by atoms with E-state index in [2.05, 4.69) is 203 Å². The highest BCUT2D eigenvalue weighted by molar-refractivity contribution is 5.76. The van der Waals surface area contributed by atoms with Gasteiger partial charge in [0.2, 0.25) is 0 Å². The smallest absolute Gasteiger partial charge is 0.0464 e. The summed E-state index contributed by atoms with van der Waals surface area (Å²) in [6.45, 7) is 12.1. The molecule has 0 saturated carbocycles. The first-order valence-corrected chi connectivity index (χ1v) is 21.2. The fraction of sp³-hybridized carbons (Fsp3) is 0.309. The number of aryl methyl sites for hydroxylation is 1. The van der Waals surface area contributed by atoms with Gasteiger partial charge in [0, 0.05) is 57.5 Å². The van der Waals surface area contributed by atoms with Crippen molar-refractivity contribution in [2.75, 3.05) is 4.90 Å². The van der Waals surface area contributed by atoms with Crippen LogP contribution in [-0.4, -0.2) is 0 Å². The molecule has 0 radical (unpaired) electrons. The van der Waals surface area contributed by atoms with Gasteiger partial charge in [-0.2, -0.15) is 0 Å². The van der Waals surface area contributed by atoms with Gasteiger partial charge in [-0.25, -0.2) is 0 Å². The van der Waals surface area contributed by atoms with Crippen LogP contribution in [0.5, 0.6) is 0 Å². The molecule has 4 aromatic rings. The molecule has 1 nitrogen and oxygen atoms in total. The summed E-state index contributed by atoms with van der Waals surface area (Å²) in [5.41, 5.74) is 15.5. The summed E-state index contributed by atoms with van der Waals surface area (Å²) in [4.78, 5) is 2.60. The van der Waals surface area contributed by atoms with Crippen molar-refractivity contribution in [3.8, 4) is 0 Å². The molecule has 0 fully saturated rings. The molecule has 9 unspecified atom stereocenters. The molecule has 0 heterocycles. The molecule has 7 aliphatic carbocycles. The second-order valence-corrected chi connectivity index (χ2v) is 18.7. The van der Waals surface area contributed by atoms with E-state index < -0.39 is 0 Å². The number of allylic oxidation sites excluding steroid dienone is 13. The van der Waals surface area contributed by atoms with Crippen molar-refractivity contribution in [1.29, 1.82) is 0 Å². The predicted molar refractivity (Wildman–Crippen MR) is 234 cm³/mol. The zero-order valence-corrected chi connectivity index (χ0v) is 33.5. The minimum absolute atomic E-state index is 0.0210. The Bertz CT molecular complexity index is 2500. The first-order chi connectivity index (χ1) is 27.2. The molecule has 0 saturated heterocycles. The predicted octanol–water partition coefficient (Wildman–Crippen LogP) is 13.7. The maximum atomic E-state index is 2.64. The van der Waals surface area contributed by atoms with Gasteiger partial charge in [0.1, 0.15) is 0 Å². The van der Waals surface area contributed by atoms with E-state index in [1.165, 1.54) is 50.5 Å². The summed E-state index contributed by atoms with van der Waals surface area (Å²) in [5, 5.41) is 0. The van der Waals surface area contributed by atoms with Crippen molar-refractivity contribution in [3.05, 3.63) is 214 Å². The number of nitrogens with zero attached hydrogens (tertiary/aromatic N) is 1. The lowest BCUT2D eigenvalue weighted by atomic mass is 9.57. The minimum Gasteiger partial charge on any atom is -0.311 e. The van der Waals surface area contributed by atoms with Gasteiger partial charge in [0.05, 0.1) is 0 Å². The Morgan fingerprint density at radius 2 is 1.38 bits per heavy atom. The second-order valence-electron chi connectivity index (χ2n) is 18.7. The van der Waals surface area contributed by atoms with E-state index in [0.717, 1.165) is 12.8 Å². The summed E-state index contributed by atoms with van der Waals surface area (Å²) in [7, 11) is 0. The van der Waals surface area contributed by atoms with E-state index in [1.807, 2.05) is 0 Å². The summed E-state index contributed by atoms with van der Waals surface area (Å²) < 4.78 is 0. The highest BCUT2D eigenvalue weighted by Gasteiger charge is 2.63. The standard InChI is InChI=1S/C55H53N/c1-35-20-22-37(23-21-35)38-24-26-39(27-25-38)56(40-29-31-46-47-17-10-11-32-54(47,5)53(3,4)50(46)33-40)41-28-30-44-42-14-6-8-18-48(42)55(51(44)34-41)49-19-9-7-15-43(49)45-16-12-13-36(2)52(45)55/h6-12,14-24,26-34,36,38,42,45,47-48,52H,13,25H2,1-5H3. The average molecular weight is 728 g/mol. The van der Waals surface area contributed by atoms with Crippen LogP contribution in [0.1, 0.15) is 109 Å². The van der Waals surface area contributed by atoms with Crippen LogP contribution in [0.15, 0.2) is 170 Å². The van der Waals surface area contributed by atoms with E-state index >= 15 is 0 Å². The van der Waals surface area contributed by atoms with Gasteiger partial charge < -0.3 is 4.90 Å². The van der Waals surface area contributed by atoms with Gasteiger partial charge in [0.25, 0.3) is 0 Å². The Kier molecular flexibility index (Phi) is 7.42. The topological polar surface area (TPSA) is 3.24 Å². The van der Waals surface area contributed by atoms with E-state index in [4.69, 9.17) is 0 Å². The Balaban J connectivity index is 1.10. The SMILES string of the molecule is Cc1ccc(C2C=CC(N(c3ccc4c(c3)C3(c5ccccc5C5C=CCC(C)C53)C3C=CC=CC43)c3ccc4c(c3)C(C)(C)C3(C)C=CC=CC43)=CC2)cc1. The third-order valence-corrected chi connectivity index (χ3v) is 15.9. The van der Waals surface area contributed by atoms with E-state index in [9.17, 15) is 0 Å². The highest BCUT2D eigenvalue weighted by Crippen LogP contribution is 2.69. The average Bonchev–Trinajstić information content (AvgIpc) is 3.76. The van der Waals surface area contributed by atoms with Gasteiger partial charge in [0.15, 0.2) is 0 Å². The number of hydrogen-bond acceptors (Lipinski definition) is 1. The normalized spacial score (nSPS) is 33.1. The number of fused-ring (bicyclic) bond motifs is 13. The third-order valence-electron chi connectivity index (χ3n) is 15.9. The Labute approximate surface area is 334 Å². The lowest BCUT2D eigenvalue weighted by Gasteiger charge is -2.45. The Hall–Kier alpha value is -5.14. The molecule has 0 amide bonds. The van der Waals surface area contributed by atoms with Gasteiger partial charge in [-0.1, -0.05) is 167 Å². The van der Waals surface area contributed by atoms with Gasteiger partial charge in [-0.15, -0.1) is 0 Å². The van der Waals surface area contributed by atoms with Gasteiger partial charge in [-0.05, 0) is 106 Å². The molecule has 0 aliphatic heterocycles. The molecule has 1 heteroatoms. The molecular formula is C55H53N. The van der Waals surface area contributed by atoms with Crippen molar-refractivity contribution < 1.29 is 0 Å². The van der Waals surface area contributed by atoms with Crippen LogP contribution < -0.4 is 4.90 Å². The first kappa shape index (κ1) is 34.1. The zero-order chi connectivity index (χ0) is 38.0. The van der Waals surface area contributed by atoms with Crippen molar-refractivity contribution in [2.24, 2.45) is 23.2 Å². The van der Waals surface area contributed by atoms with Gasteiger partial charge in [-0.3, -0.25) is 0 Å². The molecule has 0 N–H and O–H groups in total. The second kappa shape index (κ2) is 12.2. The number of hydrogen-bond donors (Lipinski definition) is 0. The lowest BCUT2D eigenvalue weighted by molar-refractivity contribution is 0.188. The number of anilines is 2. The number of rotatable bonds is 4. The van der Waals surface area contributed by atoms with Crippen molar-refractivity contribution in [2.45, 2.75) is 82.0 Å². The van der Waals surface area contributed by atoms with E-state index in [0.29, 0.717) is 41.4 Å². The van der Waals surface area contributed by atoms with Crippen LogP contribution in [0.3, 0.4) is 0 Å². The molecule has 9 atom stereocenters. The van der Waals surface area contributed by atoms with Crippen LogP contribution in [0, 0.1) is 30.1 Å². The quantitative estimate of drug-likeness (QED) is 0.189. The Morgan fingerprint density at radius 1 is 0.643 bits per heavy atom. The molecular weight excluding hydrogens is 675 g/mol. The first-order valence-electron chi connectivity index (χ1n) is 21.2. The lowest BCUT2D eigenvalue weighted by Crippen LogP contribution is -2.42. The summed E-state index contributed by atoms with van der Waals surface area (Å²) in [6, 6.07) is 33.6. The maximum Gasteiger partial charge on any atom is 0.0464 e. The molecule has 0 bridgehead atoms. The van der Waals surface area contributed by atoms with Crippen molar-refractivity contribution >= 4 is 11.4 Å². The molecule has 56 heavy (non-hydrogen) atoms. The van der Waals surface area contributed by atoms with Crippen LogP contribution in [0.2, 0.25) is 0 Å². The third kappa shape index (κ3) is 4.49. The number of benzene rings is 4. The minimum atomic E-state index is -0.0927. The van der Waals surface area contributed by atoms with Crippen LogP contribution >= 0.6 is 0 Å². The molecule has 7 aliphatic rings. The van der Waals surface area contributed by atoms with E-state index in [1.54, 1.807) is 11.1 Å². The van der Waals surface area contributed by atoms with Crippen LogP contribution in [0.4, 0.5) is 11.4 Å². The van der Waals surface area contributed by atoms with Crippen molar-refractivity contribution in [3.63, 3.8) is 0 Å². The molecule has 0 aromatic heterocycles. The Morgan fingerprint density at radius 3 is 2.18 bits per heavy atom. The molecule has 1 spiro atoms. The van der Waals surface area contributed by atoms with Gasteiger partial charge >= 0.3 is 0 Å². The van der Waals surface area contributed by atoms with Crippen molar-refractivity contribution in [1.82, 2.24) is 0 Å². The monoisotopic (exact) mass is 727 g/mol. The summed E-state index contributed by atoms with van der Waals surface area (Å²) in [5.74, 6) is 3.06. The maximum absolute atomic E-state index is 2.64. The van der Waals surface area contributed by atoms with E-state index in [-0.39, 0.29) is 16.2 Å². The fourth-order valence-electron chi connectivity index (χ4n) is 12.8.